The normalized spacial score (nSPS) is 27.8. The van der Waals surface area contributed by atoms with Gasteiger partial charge in [-0.2, -0.15) is 5.06 Å². The molecule has 0 aliphatic carbocycles. The Morgan fingerprint density at radius 1 is 0.950 bits per heavy atom. The summed E-state index contributed by atoms with van der Waals surface area (Å²) in [5.74, 6) is 0.943. The monoisotopic (exact) mass is 279 g/mol. The Morgan fingerprint density at radius 2 is 1.45 bits per heavy atom. The zero-order valence-electron chi connectivity index (χ0n) is 13.2. The van der Waals surface area contributed by atoms with Crippen LogP contribution in [0.1, 0.15) is 53.4 Å². The lowest BCUT2D eigenvalue weighted by atomic mass is 10.0. The van der Waals surface area contributed by atoms with E-state index in [4.69, 9.17) is 4.74 Å². The maximum Gasteiger partial charge on any atom is 0.119 e. The standard InChI is InChI=1S/C13H17NO2.2C2H6/c15-14-10-6-7-11(14)9-13(8-10)16-12-4-2-1-3-5-12;2*1-2/h1-5,10-11,13,15H,6-9H2;2*1-2H3/t10-,11+,13?;;. The van der Waals surface area contributed by atoms with Crippen LogP contribution < -0.4 is 4.74 Å². The minimum absolute atomic E-state index is 0.267. The van der Waals surface area contributed by atoms with Crippen LogP contribution in [0.25, 0.3) is 0 Å². The van der Waals surface area contributed by atoms with E-state index in [9.17, 15) is 5.21 Å². The van der Waals surface area contributed by atoms with E-state index >= 15 is 0 Å². The van der Waals surface area contributed by atoms with Crippen LogP contribution in [0.5, 0.6) is 5.75 Å². The van der Waals surface area contributed by atoms with Gasteiger partial charge in [0.1, 0.15) is 11.9 Å². The Bertz CT molecular complexity index is 341. The topological polar surface area (TPSA) is 32.7 Å². The lowest BCUT2D eigenvalue weighted by Crippen LogP contribution is -2.44. The van der Waals surface area contributed by atoms with Gasteiger partial charge in [0.25, 0.3) is 0 Å². The van der Waals surface area contributed by atoms with Gasteiger partial charge in [0.2, 0.25) is 0 Å². The fourth-order valence-electron chi connectivity index (χ4n) is 2.89. The lowest BCUT2D eigenvalue weighted by Gasteiger charge is -2.34. The van der Waals surface area contributed by atoms with E-state index in [0.717, 1.165) is 31.4 Å². The Morgan fingerprint density at radius 3 is 1.95 bits per heavy atom. The molecule has 2 aliphatic rings. The quantitative estimate of drug-likeness (QED) is 0.865. The van der Waals surface area contributed by atoms with Gasteiger partial charge in [0, 0.05) is 24.9 Å². The number of fused-ring (bicyclic) bond motifs is 2. The molecule has 2 bridgehead atoms. The number of piperidine rings is 1. The Balaban J connectivity index is 0.000000461. The molecule has 0 aromatic heterocycles. The predicted octanol–water partition coefficient (Wildman–Crippen LogP) is 4.50. The molecular formula is C17H29NO2. The zero-order valence-corrected chi connectivity index (χ0v) is 13.2. The molecule has 0 amide bonds. The van der Waals surface area contributed by atoms with Crippen LogP contribution in [0, 0.1) is 0 Å². The molecule has 3 heteroatoms. The van der Waals surface area contributed by atoms with Crippen molar-refractivity contribution in [3.05, 3.63) is 30.3 Å². The molecule has 2 fully saturated rings. The average molecular weight is 279 g/mol. The molecule has 2 heterocycles. The van der Waals surface area contributed by atoms with Crippen LogP contribution in [-0.2, 0) is 0 Å². The third-order valence-corrected chi connectivity index (χ3v) is 3.70. The first kappa shape index (κ1) is 17.0. The molecule has 20 heavy (non-hydrogen) atoms. The minimum atomic E-state index is 0.267. The molecule has 0 saturated carbocycles. The molecule has 2 saturated heterocycles. The van der Waals surface area contributed by atoms with Gasteiger partial charge >= 0.3 is 0 Å². The van der Waals surface area contributed by atoms with Crippen molar-refractivity contribution in [2.24, 2.45) is 0 Å². The SMILES string of the molecule is CC.CC.ON1[C@@H]2CC[C@H]1CC(Oc1ccccc1)C2. The molecule has 0 radical (unpaired) electrons. The number of nitrogens with zero attached hydrogens (tertiary/aromatic N) is 1. The van der Waals surface area contributed by atoms with Crippen molar-refractivity contribution in [1.82, 2.24) is 5.06 Å². The summed E-state index contributed by atoms with van der Waals surface area (Å²) >= 11 is 0. The van der Waals surface area contributed by atoms with Gasteiger partial charge in [0.05, 0.1) is 0 Å². The van der Waals surface area contributed by atoms with Crippen LogP contribution in [0.15, 0.2) is 30.3 Å². The van der Waals surface area contributed by atoms with E-state index in [2.05, 4.69) is 0 Å². The molecule has 1 unspecified atom stereocenters. The molecule has 3 nitrogen and oxygen atoms in total. The van der Waals surface area contributed by atoms with Crippen LogP contribution in [0.2, 0.25) is 0 Å². The van der Waals surface area contributed by atoms with Gasteiger partial charge in [-0.15, -0.1) is 0 Å². The summed E-state index contributed by atoms with van der Waals surface area (Å²) in [5, 5.41) is 11.3. The number of hydrogen-bond donors (Lipinski definition) is 1. The summed E-state index contributed by atoms with van der Waals surface area (Å²) in [6.45, 7) is 8.00. The number of hydrogen-bond acceptors (Lipinski definition) is 3. The molecule has 114 valence electrons. The number of hydroxylamine groups is 2. The fraction of sp³-hybridized carbons (Fsp3) is 0.647. The highest BCUT2D eigenvalue weighted by Crippen LogP contribution is 2.35. The maximum absolute atomic E-state index is 9.77. The van der Waals surface area contributed by atoms with Gasteiger partial charge in [-0.25, -0.2) is 0 Å². The highest BCUT2D eigenvalue weighted by molar-refractivity contribution is 5.21. The summed E-state index contributed by atoms with van der Waals surface area (Å²) < 4.78 is 5.95. The van der Waals surface area contributed by atoms with E-state index in [1.165, 1.54) is 0 Å². The summed E-state index contributed by atoms with van der Waals surface area (Å²) in [5.41, 5.74) is 0. The van der Waals surface area contributed by atoms with Crippen LogP contribution in [0.3, 0.4) is 0 Å². The van der Waals surface area contributed by atoms with Crippen molar-refractivity contribution in [1.29, 1.82) is 0 Å². The van der Waals surface area contributed by atoms with Crippen molar-refractivity contribution >= 4 is 0 Å². The molecule has 0 spiro atoms. The molecule has 3 rings (SSSR count). The highest BCUT2D eigenvalue weighted by atomic mass is 16.5. The van der Waals surface area contributed by atoms with E-state index in [-0.39, 0.29) is 6.10 Å². The first-order valence-corrected chi connectivity index (χ1v) is 8.02. The van der Waals surface area contributed by atoms with Crippen molar-refractivity contribution in [2.45, 2.75) is 71.6 Å². The summed E-state index contributed by atoms with van der Waals surface area (Å²) in [4.78, 5) is 0. The van der Waals surface area contributed by atoms with Crippen molar-refractivity contribution in [2.75, 3.05) is 0 Å². The number of benzene rings is 1. The highest BCUT2D eigenvalue weighted by Gasteiger charge is 2.41. The molecule has 1 aromatic rings. The minimum Gasteiger partial charge on any atom is -0.490 e. The third-order valence-electron chi connectivity index (χ3n) is 3.70. The van der Waals surface area contributed by atoms with Crippen molar-refractivity contribution in [3.8, 4) is 5.75 Å². The second-order valence-corrected chi connectivity index (χ2v) is 4.79. The zero-order chi connectivity index (χ0) is 15.0. The molecular weight excluding hydrogens is 250 g/mol. The Kier molecular flexibility index (Phi) is 7.63. The molecule has 3 atom stereocenters. The van der Waals surface area contributed by atoms with E-state index in [0.29, 0.717) is 12.1 Å². The third kappa shape index (κ3) is 4.22. The summed E-state index contributed by atoms with van der Waals surface area (Å²) in [6, 6.07) is 10.6. The van der Waals surface area contributed by atoms with Crippen molar-refractivity contribution < 1.29 is 9.94 Å². The van der Waals surface area contributed by atoms with Gasteiger partial charge < -0.3 is 9.94 Å². The molecule has 2 aliphatic heterocycles. The Labute approximate surface area is 123 Å². The smallest absolute Gasteiger partial charge is 0.119 e. The molecule has 1 N–H and O–H groups in total. The molecule has 1 aromatic carbocycles. The van der Waals surface area contributed by atoms with Gasteiger partial charge in [-0.05, 0) is 25.0 Å². The average Bonchev–Trinajstić information content (AvgIpc) is 2.74. The van der Waals surface area contributed by atoms with Crippen LogP contribution in [0.4, 0.5) is 0 Å². The second kappa shape index (κ2) is 8.98. The Hall–Kier alpha value is -1.06. The van der Waals surface area contributed by atoms with Crippen molar-refractivity contribution in [3.63, 3.8) is 0 Å². The number of para-hydroxylation sites is 1. The van der Waals surface area contributed by atoms with E-state index in [1.54, 1.807) is 5.06 Å². The summed E-state index contributed by atoms with van der Waals surface area (Å²) in [6.07, 6.45) is 4.37. The lowest BCUT2D eigenvalue weighted by molar-refractivity contribution is -0.164. The van der Waals surface area contributed by atoms with E-state index in [1.807, 2.05) is 58.0 Å². The predicted molar refractivity (Wildman–Crippen MR) is 83.2 cm³/mol. The first-order valence-electron chi connectivity index (χ1n) is 8.02. The number of rotatable bonds is 2. The second-order valence-electron chi connectivity index (χ2n) is 4.79. The maximum atomic E-state index is 9.77. The van der Waals surface area contributed by atoms with E-state index < -0.39 is 0 Å². The van der Waals surface area contributed by atoms with Crippen LogP contribution >= 0.6 is 0 Å². The van der Waals surface area contributed by atoms with Crippen LogP contribution in [-0.4, -0.2) is 28.5 Å². The van der Waals surface area contributed by atoms with Gasteiger partial charge in [-0.1, -0.05) is 45.9 Å². The first-order chi connectivity index (χ1) is 9.83. The largest absolute Gasteiger partial charge is 0.490 e. The summed E-state index contributed by atoms with van der Waals surface area (Å²) in [7, 11) is 0. The number of ether oxygens (including phenoxy) is 1. The van der Waals surface area contributed by atoms with Gasteiger partial charge in [0.15, 0.2) is 0 Å². The fourth-order valence-corrected chi connectivity index (χ4v) is 2.89. The van der Waals surface area contributed by atoms with Gasteiger partial charge in [-0.3, -0.25) is 0 Å².